The number of unbranched alkanes of at least 4 members (excludes halogenated alkanes) is 1. The van der Waals surface area contributed by atoms with Gasteiger partial charge in [-0.3, -0.25) is 0 Å². The Hall–Kier alpha value is -0.823. The molecular weight excluding hydrogens is 234 g/mol. The zero-order valence-corrected chi connectivity index (χ0v) is 9.66. The largest absolute Gasteiger partial charge is 0.492 e. The lowest BCUT2D eigenvalue weighted by atomic mass is 10.1. The number of aryl methyl sites for hydroxylation is 1. The molecule has 1 rings (SSSR count). The first-order chi connectivity index (χ1) is 7.37. The molecule has 0 aliphatic rings. The molecule has 0 aliphatic carbocycles. The number of halogens is 2. The predicted molar refractivity (Wildman–Crippen MR) is 56.5 cm³/mol. The normalized spacial score (nSPS) is 11.8. The fourth-order valence-electron chi connectivity index (χ4n) is 1.45. The number of benzene rings is 1. The van der Waals surface area contributed by atoms with Gasteiger partial charge in [0, 0.05) is 12.1 Å². The van der Waals surface area contributed by atoms with E-state index in [1.54, 1.807) is 0 Å². The van der Waals surface area contributed by atoms with Crippen molar-refractivity contribution in [2.45, 2.75) is 25.3 Å². The van der Waals surface area contributed by atoms with Crippen molar-refractivity contribution < 1.29 is 23.2 Å². The second-order valence-corrected chi connectivity index (χ2v) is 5.81. The molecule has 6 heteroatoms. The summed E-state index contributed by atoms with van der Waals surface area (Å²) in [6, 6.07) is 3.23. The molecule has 90 valence electrons. The smallest absolute Gasteiger partial charge is 0.390 e. The fourth-order valence-corrected chi connectivity index (χ4v) is 2.17. The lowest BCUT2D eigenvalue weighted by Gasteiger charge is -2.08. The SMILES string of the molecule is O[Si](O)(O)CCCCc1cc(F)cc(F)c1. The lowest BCUT2D eigenvalue weighted by molar-refractivity contribution is 0.226. The first-order valence-corrected chi connectivity index (χ1v) is 7.04. The van der Waals surface area contributed by atoms with Crippen LogP contribution in [-0.2, 0) is 6.42 Å². The standard InChI is InChI=1S/C10H14F2O3Si/c11-9-5-8(6-10(12)7-9)3-1-2-4-16(13,14)15/h5-7,13-15H,1-4H2. The molecule has 3 nitrogen and oxygen atoms in total. The van der Waals surface area contributed by atoms with Crippen molar-refractivity contribution in [3.05, 3.63) is 35.4 Å². The second-order valence-electron chi connectivity index (χ2n) is 3.76. The van der Waals surface area contributed by atoms with E-state index in [2.05, 4.69) is 0 Å². The molecule has 3 N–H and O–H groups in total. The summed E-state index contributed by atoms with van der Waals surface area (Å²) in [7, 11) is -3.97. The number of hydrogen-bond donors (Lipinski definition) is 3. The summed E-state index contributed by atoms with van der Waals surface area (Å²) >= 11 is 0. The van der Waals surface area contributed by atoms with Gasteiger partial charge in [0.25, 0.3) is 0 Å². The molecule has 0 heterocycles. The average Bonchev–Trinajstić information content (AvgIpc) is 2.09. The molecule has 0 fully saturated rings. The highest BCUT2D eigenvalue weighted by atomic mass is 28.4. The Morgan fingerprint density at radius 3 is 2.00 bits per heavy atom. The molecule has 0 saturated heterocycles. The Morgan fingerprint density at radius 1 is 0.938 bits per heavy atom. The van der Waals surface area contributed by atoms with E-state index >= 15 is 0 Å². The first kappa shape index (κ1) is 13.2. The van der Waals surface area contributed by atoms with Gasteiger partial charge >= 0.3 is 8.80 Å². The minimum absolute atomic E-state index is 0.0508. The van der Waals surface area contributed by atoms with Crippen molar-refractivity contribution in [2.75, 3.05) is 0 Å². The van der Waals surface area contributed by atoms with E-state index in [-0.39, 0.29) is 6.04 Å². The van der Waals surface area contributed by atoms with Crippen LogP contribution in [0.2, 0.25) is 6.04 Å². The van der Waals surface area contributed by atoms with Crippen molar-refractivity contribution in [1.82, 2.24) is 0 Å². The summed E-state index contributed by atoms with van der Waals surface area (Å²) in [6.07, 6.45) is 1.40. The molecule has 0 unspecified atom stereocenters. The maximum absolute atomic E-state index is 12.8. The highest BCUT2D eigenvalue weighted by Gasteiger charge is 2.25. The van der Waals surface area contributed by atoms with Gasteiger partial charge in [0.05, 0.1) is 0 Å². The van der Waals surface area contributed by atoms with Crippen LogP contribution in [0.25, 0.3) is 0 Å². The Kier molecular flexibility index (Phi) is 4.54. The van der Waals surface area contributed by atoms with E-state index in [0.29, 0.717) is 24.8 Å². The highest BCUT2D eigenvalue weighted by Crippen LogP contribution is 2.13. The second kappa shape index (κ2) is 5.49. The average molecular weight is 248 g/mol. The fraction of sp³-hybridized carbons (Fsp3) is 0.400. The lowest BCUT2D eigenvalue weighted by Crippen LogP contribution is -2.34. The van der Waals surface area contributed by atoms with Gasteiger partial charge in [0.2, 0.25) is 0 Å². The molecule has 0 aliphatic heterocycles. The summed E-state index contributed by atoms with van der Waals surface area (Å²) in [5.74, 6) is -1.24. The molecule has 0 atom stereocenters. The van der Waals surface area contributed by atoms with Crippen molar-refractivity contribution in [2.24, 2.45) is 0 Å². The third-order valence-corrected chi connectivity index (χ3v) is 3.17. The van der Waals surface area contributed by atoms with Crippen LogP contribution in [0.3, 0.4) is 0 Å². The summed E-state index contributed by atoms with van der Waals surface area (Å²) in [5, 5.41) is 0. The maximum atomic E-state index is 12.8. The van der Waals surface area contributed by atoms with Gasteiger partial charge in [-0.1, -0.05) is 0 Å². The minimum atomic E-state index is -3.97. The van der Waals surface area contributed by atoms with Crippen LogP contribution in [0.1, 0.15) is 18.4 Å². The molecule has 1 aromatic rings. The minimum Gasteiger partial charge on any atom is -0.390 e. The van der Waals surface area contributed by atoms with Gasteiger partial charge in [-0.2, -0.15) is 0 Å². The Morgan fingerprint density at radius 2 is 1.50 bits per heavy atom. The number of rotatable bonds is 5. The molecule has 0 radical (unpaired) electrons. The molecule has 0 amide bonds. The topological polar surface area (TPSA) is 60.7 Å². The molecule has 1 aromatic carbocycles. The van der Waals surface area contributed by atoms with Crippen LogP contribution < -0.4 is 0 Å². The van der Waals surface area contributed by atoms with Crippen LogP contribution in [-0.4, -0.2) is 23.2 Å². The van der Waals surface area contributed by atoms with Gasteiger partial charge in [-0.05, 0) is 37.0 Å². The molecular formula is C10H14F2O3Si. The third kappa shape index (κ3) is 5.31. The summed E-state index contributed by atoms with van der Waals surface area (Å²) < 4.78 is 25.5. The van der Waals surface area contributed by atoms with Gasteiger partial charge in [0.15, 0.2) is 0 Å². The van der Waals surface area contributed by atoms with E-state index in [9.17, 15) is 8.78 Å². The van der Waals surface area contributed by atoms with Crippen molar-refractivity contribution >= 4 is 8.80 Å². The monoisotopic (exact) mass is 248 g/mol. The molecule has 0 spiro atoms. The summed E-state index contributed by atoms with van der Waals surface area (Å²) in [6.45, 7) is 0. The van der Waals surface area contributed by atoms with Crippen LogP contribution in [0.5, 0.6) is 0 Å². The van der Waals surface area contributed by atoms with Crippen molar-refractivity contribution in [1.29, 1.82) is 0 Å². The molecule has 0 aromatic heterocycles. The maximum Gasteiger partial charge on any atom is 0.492 e. The Balaban J connectivity index is 2.37. The van der Waals surface area contributed by atoms with Gasteiger partial charge in [-0.25, -0.2) is 8.78 Å². The van der Waals surface area contributed by atoms with Gasteiger partial charge in [0.1, 0.15) is 11.6 Å². The van der Waals surface area contributed by atoms with Gasteiger partial charge < -0.3 is 14.4 Å². The van der Waals surface area contributed by atoms with E-state index in [0.717, 1.165) is 6.07 Å². The van der Waals surface area contributed by atoms with Crippen LogP contribution in [0.4, 0.5) is 8.78 Å². The first-order valence-electron chi connectivity index (χ1n) is 4.99. The van der Waals surface area contributed by atoms with E-state index in [4.69, 9.17) is 14.4 Å². The van der Waals surface area contributed by atoms with Gasteiger partial charge in [-0.15, -0.1) is 0 Å². The van der Waals surface area contributed by atoms with E-state index in [1.165, 1.54) is 12.1 Å². The zero-order valence-electron chi connectivity index (χ0n) is 8.66. The van der Waals surface area contributed by atoms with Crippen LogP contribution in [0, 0.1) is 11.6 Å². The zero-order chi connectivity index (χ0) is 12.2. The third-order valence-electron chi connectivity index (χ3n) is 2.15. The Bertz CT molecular complexity index is 332. The highest BCUT2D eigenvalue weighted by molar-refractivity contribution is 6.56. The molecule has 16 heavy (non-hydrogen) atoms. The summed E-state index contributed by atoms with van der Waals surface area (Å²) in [4.78, 5) is 26.2. The van der Waals surface area contributed by atoms with Crippen molar-refractivity contribution in [3.8, 4) is 0 Å². The number of hydrogen-bond acceptors (Lipinski definition) is 3. The predicted octanol–water partition coefficient (Wildman–Crippen LogP) is 1.20. The van der Waals surface area contributed by atoms with Crippen molar-refractivity contribution in [3.63, 3.8) is 0 Å². The van der Waals surface area contributed by atoms with E-state index in [1.807, 2.05) is 0 Å². The molecule has 0 saturated carbocycles. The Labute approximate surface area is 93.4 Å². The quantitative estimate of drug-likeness (QED) is 0.542. The van der Waals surface area contributed by atoms with Crippen LogP contribution >= 0.6 is 0 Å². The summed E-state index contributed by atoms with van der Waals surface area (Å²) in [5.41, 5.74) is 0.526. The van der Waals surface area contributed by atoms with Crippen LogP contribution in [0.15, 0.2) is 18.2 Å². The molecule has 0 bridgehead atoms. The van der Waals surface area contributed by atoms with E-state index < -0.39 is 20.4 Å².